The average molecular weight is 553 g/mol. The van der Waals surface area contributed by atoms with Crippen molar-refractivity contribution >= 4 is 45.8 Å². The van der Waals surface area contributed by atoms with E-state index >= 15 is 0 Å². The predicted octanol–water partition coefficient (Wildman–Crippen LogP) is 4.41. The Morgan fingerprint density at radius 1 is 1.16 bits per heavy atom. The van der Waals surface area contributed by atoms with E-state index in [1.807, 2.05) is 19.9 Å². The number of nitriles is 1. The number of halogens is 1. The Kier molecular flexibility index (Phi) is 10.8. The van der Waals surface area contributed by atoms with Crippen LogP contribution in [0.25, 0.3) is 0 Å². The highest BCUT2D eigenvalue weighted by atomic mass is 35.5. The molecular formula is C27H29ClN6O3S. The van der Waals surface area contributed by atoms with Crippen LogP contribution in [0, 0.1) is 17.2 Å². The summed E-state index contributed by atoms with van der Waals surface area (Å²) in [6, 6.07) is 12.3. The summed E-state index contributed by atoms with van der Waals surface area (Å²) in [5.41, 5.74) is 1.83. The minimum atomic E-state index is -0.382. The van der Waals surface area contributed by atoms with E-state index in [4.69, 9.17) is 16.9 Å². The molecule has 3 aromatic rings. The van der Waals surface area contributed by atoms with Gasteiger partial charge in [-0.05, 0) is 41.8 Å². The molecule has 0 aliphatic rings. The summed E-state index contributed by atoms with van der Waals surface area (Å²) in [4.78, 5) is 50.3. The summed E-state index contributed by atoms with van der Waals surface area (Å²) in [7, 11) is 0. The van der Waals surface area contributed by atoms with Crippen LogP contribution >= 0.6 is 22.9 Å². The Labute approximate surface area is 231 Å². The molecule has 9 nitrogen and oxygen atoms in total. The molecule has 3 rings (SSSR count). The zero-order valence-electron chi connectivity index (χ0n) is 21.3. The number of anilines is 1. The molecule has 0 bridgehead atoms. The molecular weight excluding hydrogens is 524 g/mol. The van der Waals surface area contributed by atoms with Gasteiger partial charge >= 0.3 is 0 Å². The molecule has 0 spiro atoms. The van der Waals surface area contributed by atoms with E-state index in [9.17, 15) is 14.4 Å². The Morgan fingerprint density at radius 2 is 1.92 bits per heavy atom. The van der Waals surface area contributed by atoms with Gasteiger partial charge in [-0.1, -0.05) is 31.5 Å². The van der Waals surface area contributed by atoms with Gasteiger partial charge in [0.05, 0.1) is 24.6 Å². The molecule has 1 N–H and O–H groups in total. The maximum atomic E-state index is 13.0. The predicted molar refractivity (Wildman–Crippen MR) is 147 cm³/mol. The maximum absolute atomic E-state index is 13.0. The number of pyridine rings is 1. The van der Waals surface area contributed by atoms with Gasteiger partial charge in [0.2, 0.25) is 11.8 Å². The molecule has 2 heterocycles. The first-order valence-electron chi connectivity index (χ1n) is 12.1. The van der Waals surface area contributed by atoms with Gasteiger partial charge in [-0.25, -0.2) is 4.98 Å². The lowest BCUT2D eigenvalue weighted by Crippen LogP contribution is -2.40. The molecule has 38 heavy (non-hydrogen) atoms. The number of carbonyl (C=O) groups excluding carboxylic acids is 3. The number of hydrogen-bond acceptors (Lipinski definition) is 7. The lowest BCUT2D eigenvalue weighted by atomic mass is 10.1. The number of rotatable bonds is 12. The maximum Gasteiger partial charge on any atom is 0.254 e. The van der Waals surface area contributed by atoms with E-state index in [0.29, 0.717) is 41.0 Å². The first-order chi connectivity index (χ1) is 18.2. The molecule has 0 atom stereocenters. The fourth-order valence-corrected chi connectivity index (χ4v) is 4.52. The van der Waals surface area contributed by atoms with Crippen molar-refractivity contribution in [1.29, 1.82) is 5.26 Å². The standard InChI is InChI=1S/C27H29ClN6O3S/c1-19(2)15-34(26(37)21-6-8-22(28)9-7-21)17-24(35)32-27-31-23(18-38-27)13-25(36)33(12-4-10-29)16-20-5-3-11-30-14-20/h3,5-9,11,14,18-19H,4,12-13,15-17H2,1-2H3,(H,31,32,35). The van der Waals surface area contributed by atoms with Crippen molar-refractivity contribution in [2.75, 3.05) is 25.0 Å². The number of thiazole rings is 1. The SMILES string of the molecule is CC(C)CN(CC(=O)Nc1nc(CC(=O)N(CCC#N)Cc2cccnc2)cs1)C(=O)c1ccc(Cl)cc1. The van der Waals surface area contributed by atoms with Crippen LogP contribution < -0.4 is 5.32 Å². The lowest BCUT2D eigenvalue weighted by Gasteiger charge is -2.24. The van der Waals surface area contributed by atoms with Crippen LogP contribution in [0.2, 0.25) is 5.02 Å². The third kappa shape index (κ3) is 8.94. The highest BCUT2D eigenvalue weighted by Gasteiger charge is 2.21. The number of benzene rings is 1. The quantitative estimate of drug-likeness (QED) is 0.355. The molecule has 0 fully saturated rings. The van der Waals surface area contributed by atoms with Gasteiger partial charge in [-0.3, -0.25) is 19.4 Å². The minimum absolute atomic E-state index is 0.0343. The summed E-state index contributed by atoms with van der Waals surface area (Å²) in [6.45, 7) is 4.85. The molecule has 1 aromatic carbocycles. The number of amides is 3. The molecule has 0 aliphatic heterocycles. The van der Waals surface area contributed by atoms with Crippen LogP contribution in [-0.2, 0) is 22.6 Å². The smallest absolute Gasteiger partial charge is 0.254 e. The summed E-state index contributed by atoms with van der Waals surface area (Å²) in [5, 5.41) is 14.3. The molecule has 198 valence electrons. The summed E-state index contributed by atoms with van der Waals surface area (Å²) < 4.78 is 0. The number of aromatic nitrogens is 2. The molecule has 11 heteroatoms. The summed E-state index contributed by atoms with van der Waals surface area (Å²) in [5.74, 6) is -0.662. The van der Waals surface area contributed by atoms with Gasteiger partial charge in [0.25, 0.3) is 5.91 Å². The highest BCUT2D eigenvalue weighted by Crippen LogP contribution is 2.18. The monoisotopic (exact) mass is 552 g/mol. The van der Waals surface area contributed by atoms with Crippen molar-refractivity contribution in [2.45, 2.75) is 33.2 Å². The van der Waals surface area contributed by atoms with E-state index < -0.39 is 0 Å². The van der Waals surface area contributed by atoms with E-state index in [2.05, 4.69) is 21.4 Å². The van der Waals surface area contributed by atoms with E-state index in [1.54, 1.807) is 53.0 Å². The third-order valence-electron chi connectivity index (χ3n) is 5.37. The molecule has 0 saturated carbocycles. The molecule has 2 aromatic heterocycles. The normalized spacial score (nSPS) is 10.6. The van der Waals surface area contributed by atoms with Crippen LogP contribution in [0.5, 0.6) is 0 Å². The third-order valence-corrected chi connectivity index (χ3v) is 6.43. The number of carbonyl (C=O) groups is 3. The van der Waals surface area contributed by atoms with Gasteiger partial charge in [0.1, 0.15) is 6.54 Å². The van der Waals surface area contributed by atoms with Gasteiger partial charge < -0.3 is 15.1 Å². The molecule has 0 unspecified atom stereocenters. The van der Waals surface area contributed by atoms with E-state index in [0.717, 1.165) is 5.56 Å². The Bertz CT molecular complexity index is 1270. The fraction of sp³-hybridized carbons (Fsp3) is 0.333. The van der Waals surface area contributed by atoms with Crippen molar-refractivity contribution in [1.82, 2.24) is 19.8 Å². The Balaban J connectivity index is 1.61. The van der Waals surface area contributed by atoms with Crippen molar-refractivity contribution in [3.05, 3.63) is 76.0 Å². The lowest BCUT2D eigenvalue weighted by molar-refractivity contribution is -0.131. The zero-order valence-corrected chi connectivity index (χ0v) is 22.8. The second kappa shape index (κ2) is 14.2. The molecule has 0 radical (unpaired) electrons. The van der Waals surface area contributed by atoms with E-state index in [-0.39, 0.29) is 43.0 Å². The van der Waals surface area contributed by atoms with Crippen LogP contribution in [0.15, 0.2) is 54.2 Å². The Hall–Kier alpha value is -3.81. The van der Waals surface area contributed by atoms with Crippen molar-refractivity contribution in [3.8, 4) is 6.07 Å². The second-order valence-corrected chi connectivity index (χ2v) is 10.3. The molecule has 0 saturated heterocycles. The number of nitrogens with zero attached hydrogens (tertiary/aromatic N) is 5. The molecule has 3 amide bonds. The van der Waals surface area contributed by atoms with E-state index in [1.165, 1.54) is 16.2 Å². The van der Waals surface area contributed by atoms with Crippen LogP contribution in [0.1, 0.15) is 41.9 Å². The van der Waals surface area contributed by atoms with Crippen molar-refractivity contribution in [3.63, 3.8) is 0 Å². The number of hydrogen-bond donors (Lipinski definition) is 1. The first kappa shape index (κ1) is 28.8. The first-order valence-corrected chi connectivity index (χ1v) is 13.3. The molecule has 0 aliphatic carbocycles. The summed E-state index contributed by atoms with van der Waals surface area (Å²) >= 11 is 7.14. The highest BCUT2D eigenvalue weighted by molar-refractivity contribution is 7.13. The summed E-state index contributed by atoms with van der Waals surface area (Å²) in [6.07, 6.45) is 3.59. The van der Waals surface area contributed by atoms with Gasteiger partial charge in [0.15, 0.2) is 5.13 Å². The Morgan fingerprint density at radius 3 is 2.58 bits per heavy atom. The van der Waals surface area contributed by atoms with Gasteiger partial charge in [-0.2, -0.15) is 5.26 Å². The minimum Gasteiger partial charge on any atom is -0.337 e. The topological polar surface area (TPSA) is 119 Å². The van der Waals surface area contributed by atoms with Crippen LogP contribution in [0.4, 0.5) is 5.13 Å². The van der Waals surface area contributed by atoms with Crippen molar-refractivity contribution in [2.24, 2.45) is 5.92 Å². The number of nitrogens with one attached hydrogen (secondary N) is 1. The fourth-order valence-electron chi connectivity index (χ4n) is 3.67. The van der Waals surface area contributed by atoms with Crippen molar-refractivity contribution < 1.29 is 14.4 Å². The van der Waals surface area contributed by atoms with Gasteiger partial charge in [0, 0.05) is 48.0 Å². The zero-order chi connectivity index (χ0) is 27.5. The van der Waals surface area contributed by atoms with Crippen LogP contribution in [-0.4, -0.2) is 57.1 Å². The second-order valence-electron chi connectivity index (χ2n) is 9.04. The average Bonchev–Trinajstić information content (AvgIpc) is 3.32. The van der Waals surface area contributed by atoms with Gasteiger partial charge in [-0.15, -0.1) is 11.3 Å². The van der Waals surface area contributed by atoms with Crippen LogP contribution in [0.3, 0.4) is 0 Å². The largest absolute Gasteiger partial charge is 0.337 e.